The van der Waals surface area contributed by atoms with E-state index in [1.54, 1.807) is 11.1 Å². The minimum atomic E-state index is -2.08. The standard InChI is InChI=1S/C53H66FN7O5Si/c1-35(2)67(36(3)4,37(5)6)30-23-40-18-13-17-39-19-14-20-43(45(39)40)47-46(54)48-44(31-55-47)49(60-32-41-21-22-42(33-60)61(41)52(63)66-53(7,8)9)57-50(56-48)64-29-28-58-24-26-59(27-25-58)51(62)65-34-38-15-11-10-12-16-38/h10-20,31,35-37,41-42H,21-22,24-29,32-34H2,1-9H3. The zero-order chi connectivity index (χ0) is 47.6. The third-order valence-electron chi connectivity index (χ3n) is 13.9. The van der Waals surface area contributed by atoms with Crippen LogP contribution in [0.15, 0.2) is 72.9 Å². The smallest absolute Gasteiger partial charge is 0.410 e. The Balaban J connectivity index is 1.10. The number of anilines is 1. The van der Waals surface area contributed by atoms with Crippen LogP contribution >= 0.6 is 0 Å². The maximum Gasteiger partial charge on any atom is 0.410 e. The van der Waals surface area contributed by atoms with Crippen molar-refractivity contribution in [1.82, 2.24) is 29.7 Å². The lowest BCUT2D eigenvalue weighted by atomic mass is 9.96. The number of aromatic nitrogens is 3. The van der Waals surface area contributed by atoms with Crippen molar-refractivity contribution in [2.45, 2.75) is 116 Å². The summed E-state index contributed by atoms with van der Waals surface area (Å²) in [6, 6.07) is 21.5. The molecule has 3 aromatic carbocycles. The van der Waals surface area contributed by atoms with Gasteiger partial charge >= 0.3 is 18.2 Å². The molecule has 0 saturated carbocycles. The fourth-order valence-corrected chi connectivity index (χ4v) is 15.9. The Labute approximate surface area is 396 Å². The fraction of sp³-hybridized carbons (Fsp3) is 0.491. The first-order chi connectivity index (χ1) is 32.0. The van der Waals surface area contributed by atoms with Gasteiger partial charge in [-0.1, -0.05) is 108 Å². The number of carbonyl (C=O) groups is 2. The number of nitrogens with zero attached hydrogens (tertiary/aromatic N) is 7. The number of hydrogen-bond donors (Lipinski definition) is 0. The van der Waals surface area contributed by atoms with E-state index in [9.17, 15) is 9.59 Å². The Morgan fingerprint density at radius 2 is 1.49 bits per heavy atom. The number of ether oxygens (including phenoxy) is 3. The van der Waals surface area contributed by atoms with Crippen molar-refractivity contribution < 1.29 is 28.2 Å². The average molecular weight is 928 g/mol. The lowest BCUT2D eigenvalue weighted by Gasteiger charge is -2.42. The highest BCUT2D eigenvalue weighted by Crippen LogP contribution is 2.42. The Hall–Kier alpha value is -5.78. The van der Waals surface area contributed by atoms with Gasteiger partial charge in [0.15, 0.2) is 5.82 Å². The van der Waals surface area contributed by atoms with Gasteiger partial charge in [0.25, 0.3) is 0 Å². The van der Waals surface area contributed by atoms with Crippen LogP contribution < -0.4 is 9.64 Å². The van der Waals surface area contributed by atoms with E-state index in [0.717, 1.165) is 34.7 Å². The Morgan fingerprint density at radius 1 is 0.836 bits per heavy atom. The molecule has 2 bridgehead atoms. The van der Waals surface area contributed by atoms with E-state index in [4.69, 9.17) is 29.2 Å². The number of rotatable bonds is 11. The summed E-state index contributed by atoms with van der Waals surface area (Å²) in [4.78, 5) is 48.8. The first-order valence-electron chi connectivity index (χ1n) is 24.0. The first kappa shape index (κ1) is 47.7. The number of fused-ring (bicyclic) bond motifs is 4. The first-order valence-corrected chi connectivity index (χ1v) is 26.3. The van der Waals surface area contributed by atoms with E-state index < -0.39 is 19.5 Å². The van der Waals surface area contributed by atoms with Crippen molar-refractivity contribution in [3.8, 4) is 28.7 Å². The van der Waals surface area contributed by atoms with Crippen LogP contribution in [0.5, 0.6) is 6.01 Å². The summed E-state index contributed by atoms with van der Waals surface area (Å²) in [5.74, 6) is 3.60. The van der Waals surface area contributed by atoms with Gasteiger partial charge in [0, 0.05) is 68.5 Å². The van der Waals surface area contributed by atoms with Crippen LogP contribution in [0.4, 0.5) is 19.8 Å². The maximum absolute atomic E-state index is 17.6. The molecule has 3 aliphatic heterocycles. The van der Waals surface area contributed by atoms with Crippen molar-refractivity contribution in [2.24, 2.45) is 0 Å². The predicted octanol–water partition coefficient (Wildman–Crippen LogP) is 10.5. The van der Waals surface area contributed by atoms with Gasteiger partial charge in [-0.2, -0.15) is 9.97 Å². The second-order valence-corrected chi connectivity index (χ2v) is 25.8. The minimum Gasteiger partial charge on any atom is -0.462 e. The Morgan fingerprint density at radius 3 is 2.13 bits per heavy atom. The van der Waals surface area contributed by atoms with Gasteiger partial charge in [0.05, 0.1) is 17.5 Å². The third-order valence-corrected chi connectivity index (χ3v) is 20.2. The van der Waals surface area contributed by atoms with Gasteiger partial charge in [0.1, 0.15) is 43.9 Å². The third kappa shape index (κ3) is 10.1. The van der Waals surface area contributed by atoms with Crippen LogP contribution in [0.3, 0.4) is 0 Å². The highest BCUT2D eigenvalue weighted by Gasteiger charge is 2.45. The number of halogens is 1. The number of amides is 2. The van der Waals surface area contributed by atoms with Crippen LogP contribution in [0.1, 0.15) is 86.3 Å². The lowest BCUT2D eigenvalue weighted by Crippen LogP contribution is -2.57. The second-order valence-electron chi connectivity index (χ2n) is 20.3. The molecule has 2 atom stereocenters. The maximum atomic E-state index is 17.6. The molecule has 3 aliphatic rings. The lowest BCUT2D eigenvalue weighted by molar-refractivity contribution is 0.0122. The van der Waals surface area contributed by atoms with Gasteiger partial charge in [-0.15, -0.1) is 5.54 Å². The molecular formula is C53H66FN7O5Si. The molecule has 5 heterocycles. The SMILES string of the molecule is CC(C)[Si](C#Cc1cccc2cccc(-c3ncc4c(N5CC6CCC(C5)N6C(=O)OC(C)(C)C)nc(OCCN5CCN(C(=O)OCc6ccccc6)CC5)nc4c3F)c12)(C(C)C)C(C)C. The quantitative estimate of drug-likeness (QED) is 0.0937. The summed E-state index contributed by atoms with van der Waals surface area (Å²) in [7, 11) is -2.08. The van der Waals surface area contributed by atoms with E-state index in [2.05, 4.69) is 62.8 Å². The molecule has 67 heavy (non-hydrogen) atoms. The highest BCUT2D eigenvalue weighted by atomic mass is 28.3. The van der Waals surface area contributed by atoms with Gasteiger partial charge in [-0.3, -0.25) is 14.8 Å². The molecule has 0 radical (unpaired) electrons. The number of hydrogen-bond acceptors (Lipinski definition) is 10. The molecule has 14 heteroatoms. The molecule has 2 unspecified atom stereocenters. The summed E-state index contributed by atoms with van der Waals surface area (Å²) in [5.41, 5.74) is 7.37. The molecule has 3 fully saturated rings. The van der Waals surface area contributed by atoms with E-state index in [0.29, 0.717) is 79.2 Å². The van der Waals surface area contributed by atoms with Crippen LogP contribution in [0, 0.1) is 17.3 Å². The van der Waals surface area contributed by atoms with Crippen molar-refractivity contribution >= 4 is 47.8 Å². The normalized spacial score (nSPS) is 18.0. The Kier molecular flexibility index (Phi) is 14.1. The largest absolute Gasteiger partial charge is 0.462 e. The van der Waals surface area contributed by atoms with Crippen molar-refractivity contribution in [3.63, 3.8) is 0 Å². The zero-order valence-electron chi connectivity index (χ0n) is 40.6. The molecule has 3 saturated heterocycles. The number of benzene rings is 3. The Bertz CT molecular complexity index is 2610. The monoisotopic (exact) mass is 927 g/mol. The summed E-state index contributed by atoms with van der Waals surface area (Å²) in [6.07, 6.45) is 2.68. The minimum absolute atomic E-state index is 0.0606. The molecule has 5 aromatic rings. The summed E-state index contributed by atoms with van der Waals surface area (Å²) >= 11 is 0. The summed E-state index contributed by atoms with van der Waals surface area (Å²) in [6.45, 7) is 23.8. The highest BCUT2D eigenvalue weighted by molar-refractivity contribution is 6.90. The van der Waals surface area contributed by atoms with Crippen LogP contribution in [-0.2, 0) is 16.1 Å². The molecule has 0 spiro atoms. The molecule has 2 aromatic heterocycles. The van der Waals surface area contributed by atoms with Gasteiger partial charge in [-0.25, -0.2) is 14.0 Å². The van der Waals surface area contributed by atoms with Crippen molar-refractivity contribution in [1.29, 1.82) is 0 Å². The molecule has 0 N–H and O–H groups in total. The summed E-state index contributed by atoms with van der Waals surface area (Å²) in [5, 5.41) is 2.27. The van der Waals surface area contributed by atoms with E-state index in [1.165, 1.54) is 0 Å². The predicted molar refractivity (Wildman–Crippen MR) is 265 cm³/mol. The fourth-order valence-electron chi connectivity index (χ4n) is 10.7. The van der Waals surface area contributed by atoms with Crippen LogP contribution in [0.25, 0.3) is 32.9 Å². The number of carbonyl (C=O) groups excluding carboxylic acids is 2. The molecule has 0 aliphatic carbocycles. The van der Waals surface area contributed by atoms with Gasteiger partial charge in [0.2, 0.25) is 0 Å². The number of pyridine rings is 1. The summed E-state index contributed by atoms with van der Waals surface area (Å²) < 4.78 is 35.3. The van der Waals surface area contributed by atoms with E-state index in [1.807, 2.05) is 92.4 Å². The van der Waals surface area contributed by atoms with Crippen molar-refractivity contribution in [2.75, 3.05) is 57.3 Å². The molecular weight excluding hydrogens is 862 g/mol. The molecule has 12 nitrogen and oxygen atoms in total. The van der Waals surface area contributed by atoms with Gasteiger partial charge in [-0.05, 0) is 67.3 Å². The van der Waals surface area contributed by atoms with E-state index in [-0.39, 0.29) is 54.7 Å². The average Bonchev–Trinajstić information content (AvgIpc) is 3.57. The molecule has 8 rings (SSSR count). The van der Waals surface area contributed by atoms with Gasteiger partial charge < -0.3 is 24.0 Å². The molecule has 354 valence electrons. The van der Waals surface area contributed by atoms with Crippen LogP contribution in [-0.4, -0.2) is 120 Å². The second kappa shape index (κ2) is 19.8. The van der Waals surface area contributed by atoms with Crippen molar-refractivity contribution in [3.05, 3.63) is 89.9 Å². The topological polar surface area (TPSA) is 113 Å². The van der Waals surface area contributed by atoms with Crippen LogP contribution in [0.2, 0.25) is 16.6 Å². The van der Waals surface area contributed by atoms with E-state index >= 15 is 4.39 Å². The zero-order valence-corrected chi connectivity index (χ0v) is 41.6. The molecule has 2 amide bonds. The number of piperazine rings is 2.